The third-order valence-electron chi connectivity index (χ3n) is 2.98. The predicted molar refractivity (Wildman–Crippen MR) is 79.7 cm³/mol. The highest BCUT2D eigenvalue weighted by Crippen LogP contribution is 2.07. The second-order valence-corrected chi connectivity index (χ2v) is 4.55. The van der Waals surface area contributed by atoms with Crippen molar-refractivity contribution < 1.29 is 4.42 Å². The topological polar surface area (TPSA) is 40.2 Å². The molecule has 0 radical (unpaired) electrons. The Hall–Kier alpha value is -2.31. The van der Waals surface area contributed by atoms with E-state index >= 15 is 0 Å². The molecule has 0 spiro atoms. The summed E-state index contributed by atoms with van der Waals surface area (Å²) >= 11 is 0. The van der Waals surface area contributed by atoms with Crippen molar-refractivity contribution in [1.29, 1.82) is 5.26 Å². The van der Waals surface area contributed by atoms with Gasteiger partial charge in [-0.1, -0.05) is 36.4 Å². The predicted octanol–water partition coefficient (Wildman–Crippen LogP) is 3.71. The molecule has 0 N–H and O–H groups in total. The molecule has 3 heteroatoms. The van der Waals surface area contributed by atoms with Gasteiger partial charge in [0.1, 0.15) is 5.76 Å². The third kappa shape index (κ3) is 4.75. The van der Waals surface area contributed by atoms with Crippen LogP contribution in [0.4, 0.5) is 0 Å². The van der Waals surface area contributed by atoms with Crippen molar-refractivity contribution in [3.05, 3.63) is 66.1 Å². The molecule has 0 unspecified atom stereocenters. The standard InChI is InChI=1S/C17H18N2O/c18-11-6-13-19(15-16-7-2-1-3-8-16)12-4-9-17-10-5-14-20-17/h1-5,7-10,14H,6,12-13,15H2/b9-4-. The molecule has 102 valence electrons. The molecule has 1 heterocycles. The van der Waals surface area contributed by atoms with Crippen molar-refractivity contribution in [2.75, 3.05) is 13.1 Å². The molecule has 0 aliphatic heterocycles. The van der Waals surface area contributed by atoms with Crippen LogP contribution in [0.25, 0.3) is 6.08 Å². The van der Waals surface area contributed by atoms with Gasteiger partial charge in [0.05, 0.1) is 12.3 Å². The molecule has 0 aliphatic carbocycles. The SMILES string of the molecule is N#CCCN(C/C=C\c1ccco1)Cc1ccccc1. The molecule has 20 heavy (non-hydrogen) atoms. The molecule has 0 atom stereocenters. The molecule has 0 saturated carbocycles. The van der Waals surface area contributed by atoms with Crippen molar-refractivity contribution in [1.82, 2.24) is 4.90 Å². The number of hydrogen-bond donors (Lipinski definition) is 0. The van der Waals surface area contributed by atoms with Gasteiger partial charge < -0.3 is 4.42 Å². The minimum atomic E-state index is 0.543. The Morgan fingerprint density at radius 1 is 1.15 bits per heavy atom. The van der Waals surface area contributed by atoms with Crippen LogP contribution in [0.15, 0.2) is 59.2 Å². The summed E-state index contributed by atoms with van der Waals surface area (Å²) in [5.74, 6) is 0.852. The molecular weight excluding hydrogens is 248 g/mol. The minimum absolute atomic E-state index is 0.543. The van der Waals surface area contributed by atoms with Gasteiger partial charge in [0, 0.05) is 26.1 Å². The van der Waals surface area contributed by atoms with Crippen LogP contribution in [0, 0.1) is 11.3 Å². The molecule has 0 saturated heterocycles. The lowest BCUT2D eigenvalue weighted by Gasteiger charge is -2.19. The van der Waals surface area contributed by atoms with Gasteiger partial charge in [0.2, 0.25) is 0 Å². The molecule has 1 aromatic heterocycles. The lowest BCUT2D eigenvalue weighted by atomic mass is 10.2. The van der Waals surface area contributed by atoms with Crippen LogP contribution in [-0.2, 0) is 6.54 Å². The van der Waals surface area contributed by atoms with Gasteiger partial charge in [-0.25, -0.2) is 0 Å². The number of hydrogen-bond acceptors (Lipinski definition) is 3. The molecule has 2 aromatic rings. The van der Waals surface area contributed by atoms with Crippen LogP contribution >= 0.6 is 0 Å². The van der Waals surface area contributed by atoms with Gasteiger partial charge in [-0.3, -0.25) is 4.90 Å². The highest BCUT2D eigenvalue weighted by Gasteiger charge is 2.03. The Morgan fingerprint density at radius 2 is 2.00 bits per heavy atom. The van der Waals surface area contributed by atoms with E-state index in [4.69, 9.17) is 9.68 Å². The zero-order valence-corrected chi connectivity index (χ0v) is 11.4. The van der Waals surface area contributed by atoms with Crippen molar-refractivity contribution in [3.8, 4) is 6.07 Å². The minimum Gasteiger partial charge on any atom is -0.465 e. The van der Waals surface area contributed by atoms with E-state index in [0.29, 0.717) is 6.42 Å². The van der Waals surface area contributed by atoms with Crippen LogP contribution in [0.1, 0.15) is 17.7 Å². The maximum absolute atomic E-state index is 8.75. The van der Waals surface area contributed by atoms with Gasteiger partial charge in [0.15, 0.2) is 0 Å². The zero-order chi connectivity index (χ0) is 14.0. The smallest absolute Gasteiger partial charge is 0.126 e. The quantitative estimate of drug-likeness (QED) is 0.767. The van der Waals surface area contributed by atoms with E-state index in [9.17, 15) is 0 Å². The zero-order valence-electron chi connectivity index (χ0n) is 11.4. The van der Waals surface area contributed by atoms with E-state index < -0.39 is 0 Å². The highest BCUT2D eigenvalue weighted by molar-refractivity contribution is 5.42. The van der Waals surface area contributed by atoms with Crippen molar-refractivity contribution in [2.45, 2.75) is 13.0 Å². The Kier molecular flexibility index (Phi) is 5.63. The summed E-state index contributed by atoms with van der Waals surface area (Å²) in [6.45, 7) is 2.43. The van der Waals surface area contributed by atoms with Gasteiger partial charge in [-0.2, -0.15) is 5.26 Å². The largest absolute Gasteiger partial charge is 0.465 e. The molecule has 0 fully saturated rings. The molecular formula is C17H18N2O. The molecule has 0 aliphatic rings. The first-order chi connectivity index (χ1) is 9.88. The summed E-state index contributed by atoms with van der Waals surface area (Å²) in [6, 6.07) is 16.3. The fourth-order valence-corrected chi connectivity index (χ4v) is 1.99. The summed E-state index contributed by atoms with van der Waals surface area (Å²) < 4.78 is 5.26. The first-order valence-electron chi connectivity index (χ1n) is 6.72. The lowest BCUT2D eigenvalue weighted by Crippen LogP contribution is -2.24. The van der Waals surface area contributed by atoms with Crippen LogP contribution in [-0.4, -0.2) is 18.0 Å². The average molecular weight is 266 g/mol. The summed E-state index contributed by atoms with van der Waals surface area (Å²) in [6.07, 6.45) is 6.24. The summed E-state index contributed by atoms with van der Waals surface area (Å²) in [4.78, 5) is 2.25. The van der Waals surface area contributed by atoms with Crippen LogP contribution in [0.2, 0.25) is 0 Å². The third-order valence-corrected chi connectivity index (χ3v) is 2.98. The Bertz CT molecular complexity index is 552. The van der Waals surface area contributed by atoms with Crippen LogP contribution in [0.3, 0.4) is 0 Å². The van der Waals surface area contributed by atoms with Gasteiger partial charge in [-0.05, 0) is 23.8 Å². The van der Waals surface area contributed by atoms with E-state index in [-0.39, 0.29) is 0 Å². The Labute approximate surface area is 119 Å². The number of benzene rings is 1. The molecule has 0 amide bonds. The summed E-state index contributed by atoms with van der Waals surface area (Å²) in [5.41, 5.74) is 1.26. The van der Waals surface area contributed by atoms with E-state index in [0.717, 1.165) is 25.4 Å². The second kappa shape index (κ2) is 7.98. The maximum Gasteiger partial charge on any atom is 0.126 e. The first-order valence-corrected chi connectivity index (χ1v) is 6.72. The molecule has 3 nitrogen and oxygen atoms in total. The molecule has 0 bridgehead atoms. The number of nitriles is 1. The van der Waals surface area contributed by atoms with Gasteiger partial charge >= 0.3 is 0 Å². The van der Waals surface area contributed by atoms with Crippen molar-refractivity contribution >= 4 is 6.08 Å². The first kappa shape index (κ1) is 14.1. The fraction of sp³-hybridized carbons (Fsp3) is 0.235. The van der Waals surface area contributed by atoms with Crippen LogP contribution in [0.5, 0.6) is 0 Å². The maximum atomic E-state index is 8.75. The average Bonchev–Trinajstić information content (AvgIpc) is 2.99. The summed E-state index contributed by atoms with van der Waals surface area (Å²) in [7, 11) is 0. The van der Waals surface area contributed by atoms with E-state index in [1.54, 1.807) is 6.26 Å². The number of furan rings is 1. The normalized spacial score (nSPS) is 11.0. The van der Waals surface area contributed by atoms with E-state index in [1.165, 1.54) is 5.56 Å². The second-order valence-electron chi connectivity index (χ2n) is 4.55. The molecule has 2 rings (SSSR count). The lowest BCUT2D eigenvalue weighted by molar-refractivity contribution is 0.302. The van der Waals surface area contributed by atoms with Gasteiger partial charge in [-0.15, -0.1) is 0 Å². The van der Waals surface area contributed by atoms with Gasteiger partial charge in [0.25, 0.3) is 0 Å². The Morgan fingerprint density at radius 3 is 2.70 bits per heavy atom. The van der Waals surface area contributed by atoms with Crippen molar-refractivity contribution in [3.63, 3.8) is 0 Å². The van der Waals surface area contributed by atoms with E-state index in [2.05, 4.69) is 29.2 Å². The number of nitrogens with zero attached hydrogens (tertiary/aromatic N) is 2. The highest BCUT2D eigenvalue weighted by atomic mass is 16.3. The Balaban J connectivity index is 1.91. The summed E-state index contributed by atoms with van der Waals surface area (Å²) in [5, 5.41) is 8.75. The monoisotopic (exact) mass is 266 g/mol. The van der Waals surface area contributed by atoms with E-state index in [1.807, 2.05) is 36.4 Å². The van der Waals surface area contributed by atoms with Crippen molar-refractivity contribution in [2.24, 2.45) is 0 Å². The molecule has 1 aromatic carbocycles. The fourth-order valence-electron chi connectivity index (χ4n) is 1.99. The number of rotatable bonds is 7. The van der Waals surface area contributed by atoms with Crippen LogP contribution < -0.4 is 0 Å².